The van der Waals surface area contributed by atoms with Crippen molar-refractivity contribution in [3.8, 4) is 0 Å². The van der Waals surface area contributed by atoms with Gasteiger partial charge in [0.1, 0.15) is 18.0 Å². The maximum atomic E-state index is 12.3. The third kappa shape index (κ3) is 3.32. The van der Waals surface area contributed by atoms with Gasteiger partial charge in [0.15, 0.2) is 0 Å². The average molecular weight is 327 g/mol. The number of nitrogens with zero attached hydrogens (tertiary/aromatic N) is 4. The molecule has 3 rings (SSSR count). The molecule has 0 aliphatic carbocycles. The highest BCUT2D eigenvalue weighted by Gasteiger charge is 2.17. The summed E-state index contributed by atoms with van der Waals surface area (Å²) in [5.74, 6) is 0.706. The molecule has 0 bridgehead atoms. The lowest BCUT2D eigenvalue weighted by Gasteiger charge is -2.16. The quantitative estimate of drug-likeness (QED) is 0.684. The summed E-state index contributed by atoms with van der Waals surface area (Å²) in [6, 6.07) is 6.10. The van der Waals surface area contributed by atoms with Gasteiger partial charge in [0.2, 0.25) is 0 Å². The number of benzene rings is 1. The Kier molecular flexibility index (Phi) is 4.37. The fourth-order valence-corrected chi connectivity index (χ4v) is 2.67. The number of nitro groups is 1. The summed E-state index contributed by atoms with van der Waals surface area (Å²) in [5.41, 5.74) is 0.645. The van der Waals surface area contributed by atoms with E-state index in [4.69, 9.17) is 0 Å². The van der Waals surface area contributed by atoms with E-state index in [1.165, 1.54) is 12.4 Å². The Morgan fingerprint density at radius 3 is 2.71 bits per heavy atom. The first kappa shape index (κ1) is 15.9. The van der Waals surface area contributed by atoms with Gasteiger partial charge in [-0.3, -0.25) is 14.9 Å². The number of aromatic nitrogens is 2. The van der Waals surface area contributed by atoms with E-state index < -0.39 is 10.8 Å². The molecule has 0 spiro atoms. The van der Waals surface area contributed by atoms with Crippen LogP contribution in [0, 0.1) is 17.0 Å². The Morgan fingerprint density at radius 2 is 2.00 bits per heavy atom. The molecule has 124 valence electrons. The highest BCUT2D eigenvalue weighted by molar-refractivity contribution is 6.04. The zero-order valence-corrected chi connectivity index (χ0v) is 13.2. The molecule has 24 heavy (non-hydrogen) atoms. The number of carbonyl (C=O) groups is 1. The van der Waals surface area contributed by atoms with Crippen molar-refractivity contribution in [3.63, 3.8) is 0 Å². The Morgan fingerprint density at radius 1 is 1.25 bits per heavy atom. The molecule has 1 aromatic carbocycles. The van der Waals surface area contributed by atoms with Gasteiger partial charge in [-0.25, -0.2) is 9.97 Å². The number of hydrogen-bond donors (Lipinski definition) is 1. The molecule has 2 aromatic rings. The number of hydrogen-bond acceptors (Lipinski definition) is 6. The molecule has 0 unspecified atom stereocenters. The van der Waals surface area contributed by atoms with Crippen LogP contribution in [-0.2, 0) is 0 Å². The van der Waals surface area contributed by atoms with E-state index in [2.05, 4.69) is 20.2 Å². The number of amides is 1. The van der Waals surface area contributed by atoms with E-state index in [0.29, 0.717) is 11.4 Å². The van der Waals surface area contributed by atoms with Crippen LogP contribution in [0.4, 0.5) is 17.3 Å². The van der Waals surface area contributed by atoms with Crippen molar-refractivity contribution in [2.45, 2.75) is 19.8 Å². The lowest BCUT2D eigenvalue weighted by Crippen LogP contribution is -2.20. The minimum atomic E-state index is -0.498. The molecule has 1 amide bonds. The number of rotatable bonds is 4. The molecule has 1 aliphatic heterocycles. The smallest absolute Gasteiger partial charge is 0.273 e. The Balaban J connectivity index is 1.78. The Hall–Kier alpha value is -3.03. The molecule has 1 aromatic heterocycles. The van der Waals surface area contributed by atoms with Crippen LogP contribution in [0.2, 0.25) is 0 Å². The predicted octanol–water partition coefficient (Wildman–Crippen LogP) is 2.55. The van der Waals surface area contributed by atoms with E-state index in [1.807, 2.05) is 0 Å². The summed E-state index contributed by atoms with van der Waals surface area (Å²) in [6.45, 7) is 3.51. The van der Waals surface area contributed by atoms with E-state index >= 15 is 0 Å². The fraction of sp³-hybridized carbons (Fsp3) is 0.312. The van der Waals surface area contributed by atoms with E-state index in [1.54, 1.807) is 25.1 Å². The Labute approximate surface area is 138 Å². The second-order valence-electron chi connectivity index (χ2n) is 5.67. The SMILES string of the molecule is Cc1ccc(C(=O)Nc2cc(N3CCCC3)ncn2)cc1[N+](=O)[O-]. The van der Waals surface area contributed by atoms with Crippen LogP contribution in [-0.4, -0.2) is 33.9 Å². The van der Waals surface area contributed by atoms with Crippen LogP contribution in [0.1, 0.15) is 28.8 Å². The molecule has 8 nitrogen and oxygen atoms in total. The van der Waals surface area contributed by atoms with Gasteiger partial charge in [0.25, 0.3) is 11.6 Å². The number of aryl methyl sites for hydroxylation is 1. The minimum Gasteiger partial charge on any atom is -0.356 e. The fourth-order valence-electron chi connectivity index (χ4n) is 2.67. The van der Waals surface area contributed by atoms with Gasteiger partial charge < -0.3 is 10.2 Å². The normalized spacial score (nSPS) is 13.8. The molecule has 1 N–H and O–H groups in total. The number of carbonyl (C=O) groups excluding carboxylic acids is 1. The van der Waals surface area contributed by atoms with E-state index in [0.717, 1.165) is 31.7 Å². The lowest BCUT2D eigenvalue weighted by molar-refractivity contribution is -0.385. The van der Waals surface area contributed by atoms with Crippen molar-refractivity contribution >= 4 is 23.2 Å². The number of nitro benzene ring substituents is 1. The zero-order chi connectivity index (χ0) is 17.1. The first-order chi connectivity index (χ1) is 11.5. The molecule has 1 saturated heterocycles. The number of nitrogens with one attached hydrogen (secondary N) is 1. The molecule has 8 heteroatoms. The molecule has 0 radical (unpaired) electrons. The molecule has 0 atom stereocenters. The molecule has 1 fully saturated rings. The largest absolute Gasteiger partial charge is 0.356 e. The zero-order valence-electron chi connectivity index (χ0n) is 13.2. The molecule has 2 heterocycles. The topological polar surface area (TPSA) is 101 Å². The maximum absolute atomic E-state index is 12.3. The van der Waals surface area contributed by atoms with Crippen LogP contribution in [0.3, 0.4) is 0 Å². The van der Waals surface area contributed by atoms with Crippen molar-refractivity contribution in [2.75, 3.05) is 23.3 Å². The van der Waals surface area contributed by atoms with Crippen LogP contribution < -0.4 is 10.2 Å². The van der Waals surface area contributed by atoms with E-state index in [9.17, 15) is 14.9 Å². The third-order valence-corrected chi connectivity index (χ3v) is 3.99. The average Bonchev–Trinajstić information content (AvgIpc) is 3.09. The van der Waals surface area contributed by atoms with Gasteiger partial charge in [-0.2, -0.15) is 0 Å². The van der Waals surface area contributed by atoms with Crippen LogP contribution in [0.25, 0.3) is 0 Å². The van der Waals surface area contributed by atoms with Gasteiger partial charge in [0.05, 0.1) is 4.92 Å². The summed E-state index contributed by atoms with van der Waals surface area (Å²) in [7, 11) is 0. The monoisotopic (exact) mass is 327 g/mol. The Bertz CT molecular complexity index is 787. The molecular weight excluding hydrogens is 310 g/mol. The van der Waals surface area contributed by atoms with E-state index in [-0.39, 0.29) is 11.3 Å². The van der Waals surface area contributed by atoms with Gasteiger partial charge >= 0.3 is 0 Å². The summed E-state index contributed by atoms with van der Waals surface area (Å²) in [5, 5.41) is 13.7. The minimum absolute atomic E-state index is 0.0805. The van der Waals surface area contributed by atoms with Gasteiger partial charge in [-0.05, 0) is 25.8 Å². The summed E-state index contributed by atoms with van der Waals surface area (Å²) >= 11 is 0. The van der Waals surface area contributed by atoms with Gasteiger partial charge in [-0.15, -0.1) is 0 Å². The van der Waals surface area contributed by atoms with Gasteiger partial charge in [0, 0.05) is 36.3 Å². The first-order valence-corrected chi connectivity index (χ1v) is 7.68. The molecule has 0 saturated carbocycles. The second-order valence-corrected chi connectivity index (χ2v) is 5.67. The van der Waals surface area contributed by atoms with Crippen molar-refractivity contribution in [1.29, 1.82) is 0 Å². The van der Waals surface area contributed by atoms with Gasteiger partial charge in [-0.1, -0.05) is 6.07 Å². The highest BCUT2D eigenvalue weighted by atomic mass is 16.6. The first-order valence-electron chi connectivity index (χ1n) is 7.68. The highest BCUT2D eigenvalue weighted by Crippen LogP contribution is 2.22. The van der Waals surface area contributed by atoms with Crippen molar-refractivity contribution in [2.24, 2.45) is 0 Å². The predicted molar refractivity (Wildman–Crippen MR) is 89.3 cm³/mol. The summed E-state index contributed by atoms with van der Waals surface area (Å²) < 4.78 is 0. The lowest BCUT2D eigenvalue weighted by atomic mass is 10.1. The van der Waals surface area contributed by atoms with Crippen LogP contribution in [0.15, 0.2) is 30.6 Å². The molecular formula is C16H17N5O3. The van der Waals surface area contributed by atoms with Crippen molar-refractivity contribution in [3.05, 3.63) is 51.8 Å². The summed E-state index contributed by atoms with van der Waals surface area (Å²) in [4.78, 5) is 33.2. The summed E-state index contributed by atoms with van der Waals surface area (Å²) in [6.07, 6.45) is 3.65. The number of anilines is 2. The molecule has 1 aliphatic rings. The third-order valence-electron chi connectivity index (χ3n) is 3.99. The van der Waals surface area contributed by atoms with Crippen molar-refractivity contribution < 1.29 is 9.72 Å². The van der Waals surface area contributed by atoms with Crippen molar-refractivity contribution in [1.82, 2.24) is 9.97 Å². The van der Waals surface area contributed by atoms with Crippen LogP contribution in [0.5, 0.6) is 0 Å². The maximum Gasteiger partial charge on any atom is 0.273 e. The standard InChI is InChI=1S/C16H17N5O3/c1-11-4-5-12(8-13(11)21(23)24)16(22)19-14-9-15(18-10-17-14)20-6-2-3-7-20/h4-5,8-10H,2-3,6-7H2,1H3,(H,17,18,19,22). The second kappa shape index (κ2) is 6.61. The van der Waals surface area contributed by atoms with Crippen LogP contribution >= 0.6 is 0 Å².